The first-order valence-corrected chi connectivity index (χ1v) is 7.14. The Kier molecular flexibility index (Phi) is 4.78. The zero-order valence-electron chi connectivity index (χ0n) is 10.8. The van der Waals surface area contributed by atoms with Crippen molar-refractivity contribution < 1.29 is 15.0 Å². The number of carboxylic acid groups (broad SMARTS) is 1. The van der Waals surface area contributed by atoms with Crippen molar-refractivity contribution in [1.29, 1.82) is 0 Å². The van der Waals surface area contributed by atoms with Crippen LogP contribution >= 0.6 is 11.8 Å². The highest BCUT2D eigenvalue weighted by molar-refractivity contribution is 7.99. The molecule has 0 radical (unpaired) electrons. The second-order valence-corrected chi connectivity index (χ2v) is 5.71. The van der Waals surface area contributed by atoms with Gasteiger partial charge in [-0.15, -0.1) is 10.2 Å². The third kappa shape index (κ3) is 3.68. The molecular formula is C11H18N4O3S. The SMILES string of the molecule is CN1CCC(Cn2c(CO)nnc2SCC(=O)O)C1. The van der Waals surface area contributed by atoms with Gasteiger partial charge in [-0.3, -0.25) is 4.79 Å². The first-order valence-electron chi connectivity index (χ1n) is 6.16. The van der Waals surface area contributed by atoms with Gasteiger partial charge in [0, 0.05) is 13.1 Å². The molecule has 0 spiro atoms. The minimum atomic E-state index is -0.884. The maximum atomic E-state index is 10.6. The van der Waals surface area contributed by atoms with Crippen molar-refractivity contribution in [3.8, 4) is 0 Å². The highest BCUT2D eigenvalue weighted by Crippen LogP contribution is 2.22. The number of aromatic nitrogens is 3. The predicted molar refractivity (Wildman–Crippen MR) is 69.9 cm³/mol. The molecule has 7 nitrogen and oxygen atoms in total. The predicted octanol–water partition coefficient (Wildman–Crippen LogP) is -0.101. The van der Waals surface area contributed by atoms with Crippen LogP contribution in [0.1, 0.15) is 12.2 Å². The van der Waals surface area contributed by atoms with Crippen LogP contribution in [0.3, 0.4) is 0 Å². The summed E-state index contributed by atoms with van der Waals surface area (Å²) in [5.41, 5.74) is 0. The van der Waals surface area contributed by atoms with E-state index in [9.17, 15) is 9.90 Å². The first kappa shape index (κ1) is 14.3. The standard InChI is InChI=1S/C11H18N4O3S/c1-14-3-2-8(4-14)5-15-9(6-16)12-13-11(15)19-7-10(17)18/h8,16H,2-7H2,1H3,(H,17,18). The molecule has 19 heavy (non-hydrogen) atoms. The van der Waals surface area contributed by atoms with Crippen LogP contribution in [-0.2, 0) is 17.9 Å². The van der Waals surface area contributed by atoms with Gasteiger partial charge in [0.05, 0.1) is 5.75 Å². The number of rotatable bonds is 6. The third-order valence-corrected chi connectivity index (χ3v) is 4.14. The fourth-order valence-corrected chi connectivity index (χ4v) is 2.97. The van der Waals surface area contributed by atoms with E-state index in [0.29, 0.717) is 16.9 Å². The van der Waals surface area contributed by atoms with Crippen molar-refractivity contribution in [1.82, 2.24) is 19.7 Å². The summed E-state index contributed by atoms with van der Waals surface area (Å²) in [5.74, 6) is 0.0670. The molecule has 1 aromatic rings. The molecule has 2 N–H and O–H groups in total. The highest BCUT2D eigenvalue weighted by atomic mass is 32.2. The molecule has 1 atom stereocenters. The van der Waals surface area contributed by atoms with E-state index in [1.165, 1.54) is 0 Å². The van der Waals surface area contributed by atoms with Crippen LogP contribution in [0.5, 0.6) is 0 Å². The number of hydrogen-bond acceptors (Lipinski definition) is 6. The summed E-state index contributed by atoms with van der Waals surface area (Å²) >= 11 is 1.14. The van der Waals surface area contributed by atoms with Crippen LogP contribution in [0.4, 0.5) is 0 Å². The Morgan fingerprint density at radius 1 is 1.53 bits per heavy atom. The second-order valence-electron chi connectivity index (χ2n) is 4.77. The van der Waals surface area contributed by atoms with E-state index in [1.54, 1.807) is 0 Å². The van der Waals surface area contributed by atoms with Crippen molar-refractivity contribution in [2.24, 2.45) is 5.92 Å². The Balaban J connectivity index is 2.07. The van der Waals surface area contributed by atoms with E-state index in [2.05, 4.69) is 22.1 Å². The molecule has 0 aliphatic carbocycles. The van der Waals surface area contributed by atoms with Gasteiger partial charge in [-0.05, 0) is 25.9 Å². The van der Waals surface area contributed by atoms with Crippen molar-refractivity contribution in [3.05, 3.63) is 5.82 Å². The normalized spacial score (nSPS) is 20.0. The van der Waals surface area contributed by atoms with Crippen LogP contribution in [0, 0.1) is 5.92 Å². The lowest BCUT2D eigenvalue weighted by atomic mass is 10.1. The molecule has 2 rings (SSSR count). The van der Waals surface area contributed by atoms with E-state index in [0.717, 1.165) is 37.8 Å². The van der Waals surface area contributed by atoms with Crippen molar-refractivity contribution in [2.75, 3.05) is 25.9 Å². The zero-order chi connectivity index (χ0) is 13.8. The number of thioether (sulfide) groups is 1. The average molecular weight is 286 g/mol. The number of likely N-dealkylation sites (tertiary alicyclic amines) is 1. The largest absolute Gasteiger partial charge is 0.481 e. The van der Waals surface area contributed by atoms with Crippen LogP contribution < -0.4 is 0 Å². The molecule has 1 aromatic heterocycles. The van der Waals surface area contributed by atoms with Gasteiger partial charge in [0.15, 0.2) is 11.0 Å². The Bertz CT molecular complexity index is 451. The fraction of sp³-hybridized carbons (Fsp3) is 0.727. The van der Waals surface area contributed by atoms with E-state index >= 15 is 0 Å². The second kappa shape index (κ2) is 6.36. The quantitative estimate of drug-likeness (QED) is 0.705. The third-order valence-electron chi connectivity index (χ3n) is 3.19. The van der Waals surface area contributed by atoms with Gasteiger partial charge in [0.2, 0.25) is 0 Å². The monoisotopic (exact) mass is 286 g/mol. The van der Waals surface area contributed by atoms with E-state index < -0.39 is 5.97 Å². The molecule has 0 amide bonds. The molecule has 1 saturated heterocycles. The number of hydrogen-bond donors (Lipinski definition) is 2. The van der Waals surface area contributed by atoms with E-state index in [4.69, 9.17) is 5.11 Å². The van der Waals surface area contributed by atoms with Crippen molar-refractivity contribution in [2.45, 2.75) is 24.7 Å². The summed E-state index contributed by atoms with van der Waals surface area (Å²) < 4.78 is 1.84. The molecule has 0 aromatic carbocycles. The van der Waals surface area contributed by atoms with Crippen LogP contribution in [-0.4, -0.2) is 61.7 Å². The summed E-state index contributed by atoms with van der Waals surface area (Å²) in [6, 6.07) is 0. The van der Waals surface area contributed by atoms with E-state index in [-0.39, 0.29) is 12.4 Å². The lowest BCUT2D eigenvalue weighted by Gasteiger charge is -2.14. The molecule has 1 aliphatic rings. The first-order chi connectivity index (χ1) is 9.10. The van der Waals surface area contributed by atoms with Gasteiger partial charge in [-0.2, -0.15) is 0 Å². The summed E-state index contributed by atoms with van der Waals surface area (Å²) in [7, 11) is 2.08. The molecule has 0 bridgehead atoms. The van der Waals surface area contributed by atoms with Crippen LogP contribution in [0.15, 0.2) is 5.16 Å². The van der Waals surface area contributed by atoms with Crippen molar-refractivity contribution in [3.63, 3.8) is 0 Å². The minimum Gasteiger partial charge on any atom is -0.481 e. The molecule has 2 heterocycles. The molecule has 1 fully saturated rings. The van der Waals surface area contributed by atoms with Gasteiger partial charge in [0.1, 0.15) is 6.61 Å². The van der Waals surface area contributed by atoms with Crippen LogP contribution in [0.25, 0.3) is 0 Å². The van der Waals surface area contributed by atoms with Gasteiger partial charge in [-0.1, -0.05) is 11.8 Å². The fourth-order valence-electron chi connectivity index (χ4n) is 2.29. The van der Waals surface area contributed by atoms with E-state index in [1.807, 2.05) is 4.57 Å². The molecule has 8 heteroatoms. The zero-order valence-corrected chi connectivity index (χ0v) is 11.6. The number of carbonyl (C=O) groups is 1. The Morgan fingerprint density at radius 3 is 2.89 bits per heavy atom. The topological polar surface area (TPSA) is 91.5 Å². The number of nitrogens with zero attached hydrogens (tertiary/aromatic N) is 4. The van der Waals surface area contributed by atoms with Gasteiger partial charge >= 0.3 is 5.97 Å². The maximum Gasteiger partial charge on any atom is 0.313 e. The molecule has 0 saturated carbocycles. The van der Waals surface area contributed by atoms with Crippen molar-refractivity contribution >= 4 is 17.7 Å². The summed E-state index contributed by atoms with van der Waals surface area (Å²) in [5, 5.41) is 26.4. The highest BCUT2D eigenvalue weighted by Gasteiger charge is 2.23. The van der Waals surface area contributed by atoms with Gasteiger partial charge in [0.25, 0.3) is 0 Å². The van der Waals surface area contributed by atoms with Crippen LogP contribution in [0.2, 0.25) is 0 Å². The molecule has 1 unspecified atom stereocenters. The number of aliphatic hydroxyl groups is 1. The summed E-state index contributed by atoms with van der Waals surface area (Å²) in [6.07, 6.45) is 1.10. The van der Waals surface area contributed by atoms with Gasteiger partial charge in [-0.25, -0.2) is 0 Å². The Labute approximate surface area is 115 Å². The smallest absolute Gasteiger partial charge is 0.313 e. The number of aliphatic hydroxyl groups excluding tert-OH is 1. The number of aliphatic carboxylic acids is 1. The summed E-state index contributed by atoms with van der Waals surface area (Å²) in [6.45, 7) is 2.63. The summed E-state index contributed by atoms with van der Waals surface area (Å²) in [4.78, 5) is 12.9. The minimum absolute atomic E-state index is 0.0475. The Morgan fingerprint density at radius 2 is 2.32 bits per heavy atom. The molecular weight excluding hydrogens is 268 g/mol. The lowest BCUT2D eigenvalue weighted by molar-refractivity contribution is -0.133. The molecule has 1 aliphatic heterocycles. The Hall–Kier alpha value is -1.12. The number of carboxylic acids is 1. The molecule has 106 valence electrons. The lowest BCUT2D eigenvalue weighted by Crippen LogP contribution is -2.18. The maximum absolute atomic E-state index is 10.6. The average Bonchev–Trinajstić information content (AvgIpc) is 2.94. The van der Waals surface area contributed by atoms with Gasteiger partial charge < -0.3 is 19.7 Å².